The molecule has 2 aromatic rings. The van der Waals surface area contributed by atoms with Crippen LogP contribution in [0, 0.1) is 16.2 Å². The molecular formula is C84H120N4O31S. The van der Waals surface area contributed by atoms with Crippen molar-refractivity contribution in [3.05, 3.63) is 88.8 Å². The Morgan fingerprint density at radius 2 is 1.03 bits per heavy atom. The molecule has 1 N–H and O–H groups in total. The van der Waals surface area contributed by atoms with E-state index in [0.717, 1.165) is 101 Å². The summed E-state index contributed by atoms with van der Waals surface area (Å²) in [7, 11) is 0.846. The fourth-order valence-electron chi connectivity index (χ4n) is 13.0. The largest absolute Gasteiger partial charge is 0.465 e. The summed E-state index contributed by atoms with van der Waals surface area (Å²) in [5, 5.41) is 4.65. The summed E-state index contributed by atoms with van der Waals surface area (Å²) in [6.07, 6.45) is -15.7. The van der Waals surface area contributed by atoms with Gasteiger partial charge < -0.3 is 90.6 Å². The van der Waals surface area contributed by atoms with E-state index in [2.05, 4.69) is 22.3 Å². The molecule has 0 saturated carbocycles. The van der Waals surface area contributed by atoms with E-state index < -0.39 is 235 Å². The summed E-state index contributed by atoms with van der Waals surface area (Å²) in [4.78, 5) is 186. The average molecular weight is 1710 g/mol. The maximum absolute atomic E-state index is 16.0. The first-order valence-corrected chi connectivity index (χ1v) is 41.0. The molecule has 3 aliphatic rings. The summed E-state index contributed by atoms with van der Waals surface area (Å²) in [5.74, 6) is -17.4. The number of nitrogens with zero attached hydrogens (tertiary/aromatic N) is 3. The van der Waals surface area contributed by atoms with Gasteiger partial charge in [-0.25, -0.2) is 9.59 Å². The number of azide groups is 1. The van der Waals surface area contributed by atoms with E-state index in [4.69, 9.17) is 85.3 Å². The number of methoxy groups -OCH3 is 1. The first-order chi connectivity index (χ1) is 56.5. The van der Waals surface area contributed by atoms with Gasteiger partial charge in [0.15, 0.2) is 49.2 Å². The topological polar surface area (TPSA) is 449 Å². The summed E-state index contributed by atoms with van der Waals surface area (Å²) >= 11 is 0.669. The highest BCUT2D eigenvalue weighted by Crippen LogP contribution is 2.49. The summed E-state index contributed by atoms with van der Waals surface area (Å²) < 4.78 is 113. The fourth-order valence-corrected chi connectivity index (χ4v) is 14.4. The number of amides is 1. The molecule has 3 saturated heterocycles. The second-order valence-electron chi connectivity index (χ2n) is 32.3. The number of esters is 12. The van der Waals surface area contributed by atoms with Crippen LogP contribution in [0.2, 0.25) is 0 Å². The number of carbonyl (C=O) groups excluding carboxylic acids is 13. The minimum atomic E-state index is -3.42. The van der Waals surface area contributed by atoms with Gasteiger partial charge >= 0.3 is 71.6 Å². The van der Waals surface area contributed by atoms with Gasteiger partial charge in [-0.3, -0.25) is 52.7 Å². The number of rotatable bonds is 43. The number of nitrogens with one attached hydrogen (secondary N) is 1. The number of carbonyl (C=O) groups is 13. The third kappa shape index (κ3) is 31.9. The summed E-state index contributed by atoms with van der Waals surface area (Å²) in [6, 6.07) is 12.4. The van der Waals surface area contributed by atoms with Gasteiger partial charge in [0, 0.05) is 65.2 Å². The normalized spacial score (nSPS) is 24.7. The number of hydrogen-bond donors (Lipinski definition) is 1. The summed E-state index contributed by atoms with van der Waals surface area (Å²) in [6.45, 7) is 19.6. The number of hydrogen-bond acceptors (Lipinski definition) is 33. The lowest BCUT2D eigenvalue weighted by molar-refractivity contribution is -0.386. The highest BCUT2D eigenvalue weighted by Gasteiger charge is 2.69. The smallest absolute Gasteiger partial charge is 0.368 e. The standard InChI is InChI=1S/C84H120N4O31S/c1-20-21-22-23-24-25-26-27-28-29-30-31-38-43-59(113-74(97)56-39-34-32-35-40-56)58(87-88-85)44-104-75-71(117-79(100)83(16,17)18)69(111-54(8)95)65(61(114-75)46-105-77(98)81(10,11)12)116-76-72(112-55(9)96)70(66(109-52(6)93)62(115-76)47-106-78(99)82(13,14)15)119-84(80(101)102-19)73(120-57-41-36-33-37-42-57)68(110-53(7)94)63(86-48(2)89)67(118-84)64(108-51(5)92)60(107-50(4)91)45-103-49(3)90/h32-43,58-73,75-76H,20-31,44-47H2,1-19H3,(H,86,89)/b43-38+/t58-,59+,60+,61+,62+,63-,64+,65+,66-,67+,68+,69-,70-,71+,72+,73-,75+,76-,84-/m0/s1. The lowest BCUT2D eigenvalue weighted by Gasteiger charge is -2.55. The average Bonchev–Trinajstić information content (AvgIpc) is 0.721. The lowest BCUT2D eigenvalue weighted by atomic mass is 9.87. The third-order valence-corrected chi connectivity index (χ3v) is 20.1. The van der Waals surface area contributed by atoms with Crippen LogP contribution in [0.1, 0.15) is 212 Å². The van der Waals surface area contributed by atoms with E-state index in [1.165, 1.54) is 119 Å². The Balaban J connectivity index is 1.88. The van der Waals surface area contributed by atoms with E-state index >= 15 is 4.79 Å². The Morgan fingerprint density at radius 3 is 1.53 bits per heavy atom. The molecule has 1 amide bonds. The maximum atomic E-state index is 16.0. The summed E-state index contributed by atoms with van der Waals surface area (Å²) in [5.41, 5.74) is 6.43. The first kappa shape index (κ1) is 101. The Hall–Kier alpha value is -9.29. The van der Waals surface area contributed by atoms with Gasteiger partial charge in [0.25, 0.3) is 5.79 Å². The number of unbranched alkanes of at least 4 members (excludes halogenated alkanes) is 11. The lowest BCUT2D eigenvalue weighted by Crippen LogP contribution is -2.76. The zero-order valence-electron chi connectivity index (χ0n) is 72.0. The number of allylic oxidation sites excluding steroid dienone is 1. The predicted molar refractivity (Wildman–Crippen MR) is 425 cm³/mol. The number of thioether (sulfide) groups is 1. The molecule has 0 aromatic heterocycles. The Kier molecular flexibility index (Phi) is 40.8. The van der Waals surface area contributed by atoms with E-state index in [1.807, 2.05) is 0 Å². The minimum Gasteiger partial charge on any atom is -0.465 e. The van der Waals surface area contributed by atoms with Crippen LogP contribution in [-0.2, 0) is 143 Å². The monoisotopic (exact) mass is 1710 g/mol. The van der Waals surface area contributed by atoms with E-state index in [0.29, 0.717) is 18.2 Å². The van der Waals surface area contributed by atoms with Crippen molar-refractivity contribution >= 4 is 89.3 Å². The Morgan fingerprint density at radius 1 is 0.542 bits per heavy atom. The van der Waals surface area contributed by atoms with Crippen molar-refractivity contribution in [2.45, 2.75) is 322 Å². The van der Waals surface area contributed by atoms with Crippen LogP contribution in [0.5, 0.6) is 0 Å². The van der Waals surface area contributed by atoms with Crippen molar-refractivity contribution in [1.82, 2.24) is 5.32 Å². The van der Waals surface area contributed by atoms with Crippen molar-refractivity contribution < 1.29 is 148 Å². The zero-order valence-corrected chi connectivity index (χ0v) is 72.9. The van der Waals surface area contributed by atoms with Gasteiger partial charge in [0.05, 0.1) is 41.6 Å². The highest BCUT2D eigenvalue weighted by molar-refractivity contribution is 8.00. The quantitative estimate of drug-likeness (QED) is 0.0123. The molecule has 0 unspecified atom stereocenters. The molecule has 3 heterocycles. The van der Waals surface area contributed by atoms with Gasteiger partial charge in [-0.15, -0.1) is 11.8 Å². The van der Waals surface area contributed by atoms with Crippen molar-refractivity contribution in [3.8, 4) is 0 Å². The van der Waals surface area contributed by atoms with Crippen molar-refractivity contribution in [3.63, 3.8) is 0 Å². The SMILES string of the molecule is CCCCCCCCCCCCC/C=C/[C@@H](OC(=O)c1ccccc1)[C@H](CO[C@@H]1O[C@H](COC(=O)C(C)(C)C)[C@@H](O[C@@H]2O[C@H](COC(=O)C(C)(C)C)[C@H](OC(C)=O)[C@H](O[C@@]3(C(=O)OC)O[C@@H]([C@H](OC(C)=O)[C@@H](COC(C)=O)OC(C)=O)[C@H](NC(C)=O)[C@@H](OC(C)=O)[C@@H]3Sc3ccccc3)[C@H]2OC(C)=O)[C@H](OC(C)=O)[C@H]1OC(=O)C(C)(C)C)N=[N+]=[N-]. The maximum Gasteiger partial charge on any atom is 0.368 e. The van der Waals surface area contributed by atoms with Gasteiger partial charge in [-0.1, -0.05) is 119 Å². The second-order valence-corrected chi connectivity index (χ2v) is 33.5. The molecule has 3 aliphatic heterocycles. The molecule has 36 heteroatoms. The number of ether oxygens (including phenoxy) is 18. The molecular weight excluding hydrogens is 1590 g/mol. The molecule has 3 fully saturated rings. The van der Waals surface area contributed by atoms with Crippen molar-refractivity contribution in [1.29, 1.82) is 0 Å². The molecule has 0 bridgehead atoms. The van der Waals surface area contributed by atoms with E-state index in [-0.39, 0.29) is 10.5 Å². The van der Waals surface area contributed by atoms with Gasteiger partial charge in [0.1, 0.15) is 73.8 Å². The Labute approximate surface area is 704 Å². The van der Waals surface area contributed by atoms with Crippen LogP contribution in [0.4, 0.5) is 0 Å². The van der Waals surface area contributed by atoms with Crippen LogP contribution in [0.25, 0.3) is 10.4 Å². The molecule has 2 aromatic carbocycles. The Bertz CT molecular complexity index is 3820. The second kappa shape index (κ2) is 48.4. The highest BCUT2D eigenvalue weighted by atomic mass is 32.2. The number of benzene rings is 2. The van der Waals surface area contributed by atoms with Gasteiger partial charge in [-0.2, -0.15) is 0 Å². The van der Waals surface area contributed by atoms with Crippen molar-refractivity contribution in [2.75, 3.05) is 33.5 Å². The van der Waals surface area contributed by atoms with E-state index in [9.17, 15) is 63.1 Å². The van der Waals surface area contributed by atoms with Crippen LogP contribution in [0.15, 0.2) is 82.8 Å². The van der Waals surface area contributed by atoms with Crippen LogP contribution in [0.3, 0.4) is 0 Å². The molecule has 120 heavy (non-hydrogen) atoms. The molecule has 668 valence electrons. The third-order valence-electron chi connectivity index (χ3n) is 18.7. The van der Waals surface area contributed by atoms with Crippen LogP contribution >= 0.6 is 11.8 Å². The first-order valence-electron chi connectivity index (χ1n) is 40.2. The minimum absolute atomic E-state index is 0.133. The molecule has 0 radical (unpaired) electrons. The predicted octanol–water partition coefficient (Wildman–Crippen LogP) is 10.6. The molecule has 19 atom stereocenters. The van der Waals surface area contributed by atoms with Gasteiger partial charge in [-0.05, 0) is 111 Å². The molecule has 0 aliphatic carbocycles. The molecule has 0 spiro atoms. The molecule has 35 nitrogen and oxygen atoms in total. The van der Waals surface area contributed by atoms with E-state index in [1.54, 1.807) is 48.6 Å². The van der Waals surface area contributed by atoms with Crippen molar-refractivity contribution in [2.24, 2.45) is 21.4 Å². The fraction of sp³-hybridized carbons (Fsp3) is 0.679. The molecule has 5 rings (SSSR count). The van der Waals surface area contributed by atoms with Crippen LogP contribution < -0.4 is 5.32 Å². The van der Waals surface area contributed by atoms with Crippen LogP contribution in [-0.4, -0.2) is 226 Å². The zero-order chi connectivity index (χ0) is 89.4. The van der Waals surface area contributed by atoms with Gasteiger partial charge in [0.2, 0.25) is 5.91 Å².